The molecule has 7 atom stereocenters. The van der Waals surface area contributed by atoms with Crippen molar-refractivity contribution in [3.8, 4) is 0 Å². The Morgan fingerprint density at radius 2 is 1.74 bits per heavy atom. The number of hydrogen-bond donors (Lipinski definition) is 1. The van der Waals surface area contributed by atoms with E-state index in [2.05, 4.69) is 48.5 Å². The molecule has 0 spiro atoms. The number of carbonyl (C=O) groups is 1. The van der Waals surface area contributed by atoms with Crippen molar-refractivity contribution >= 4 is 5.78 Å². The number of aliphatic hydroxyl groups is 1. The highest BCUT2D eigenvalue weighted by molar-refractivity contribution is 5.84. The van der Waals surface area contributed by atoms with Crippen LogP contribution in [0.4, 0.5) is 0 Å². The second-order valence-corrected chi connectivity index (χ2v) is 12.0. The van der Waals surface area contributed by atoms with Crippen LogP contribution >= 0.6 is 0 Å². The van der Waals surface area contributed by atoms with E-state index in [0.29, 0.717) is 24.0 Å². The Morgan fingerprint density at radius 1 is 1.07 bits per heavy atom. The van der Waals surface area contributed by atoms with E-state index in [0.717, 1.165) is 19.3 Å². The zero-order chi connectivity index (χ0) is 20.3. The minimum atomic E-state index is -0.633. The van der Waals surface area contributed by atoms with Crippen LogP contribution in [0.15, 0.2) is 0 Å². The maximum absolute atomic E-state index is 13.6. The number of ketones is 1. The second kappa shape index (κ2) is 6.85. The van der Waals surface area contributed by atoms with Gasteiger partial charge in [-0.2, -0.15) is 0 Å². The van der Waals surface area contributed by atoms with Crippen LogP contribution in [0.2, 0.25) is 0 Å². The lowest BCUT2D eigenvalue weighted by atomic mass is 9.37. The fourth-order valence-corrected chi connectivity index (χ4v) is 8.28. The summed E-state index contributed by atoms with van der Waals surface area (Å²) in [5, 5.41) is 11.4. The van der Waals surface area contributed by atoms with E-state index in [4.69, 9.17) is 0 Å². The lowest BCUT2D eigenvalue weighted by Gasteiger charge is -2.66. The van der Waals surface area contributed by atoms with Crippen molar-refractivity contribution in [2.45, 2.75) is 112 Å². The standard InChI is InChI=1S/C25H44O2/c1-8-17(2)10-11-20-24(6)16-18(26)21-22(3,4)13-9-14-23(21,5)19(24)12-15-25(20,7)27/h17,19-21,27H,8-16H2,1-7H3/t17?,19-,20+,21+,23-,24-,25+/m1/s1. The highest BCUT2D eigenvalue weighted by Crippen LogP contribution is 2.69. The molecule has 2 heteroatoms. The zero-order valence-corrected chi connectivity index (χ0v) is 19.0. The summed E-state index contributed by atoms with van der Waals surface area (Å²) < 4.78 is 0. The predicted octanol–water partition coefficient (Wildman–Crippen LogP) is 6.40. The van der Waals surface area contributed by atoms with E-state index in [9.17, 15) is 9.90 Å². The van der Waals surface area contributed by atoms with Gasteiger partial charge in [-0.25, -0.2) is 0 Å². The Hall–Kier alpha value is -0.370. The molecule has 3 rings (SSSR count). The van der Waals surface area contributed by atoms with Gasteiger partial charge in [0.2, 0.25) is 0 Å². The van der Waals surface area contributed by atoms with Crippen LogP contribution in [0.3, 0.4) is 0 Å². The van der Waals surface area contributed by atoms with Crippen LogP contribution in [-0.2, 0) is 4.79 Å². The molecule has 1 unspecified atom stereocenters. The molecule has 156 valence electrons. The first-order valence-electron chi connectivity index (χ1n) is 11.6. The van der Waals surface area contributed by atoms with Gasteiger partial charge in [-0.3, -0.25) is 4.79 Å². The van der Waals surface area contributed by atoms with E-state index < -0.39 is 5.60 Å². The van der Waals surface area contributed by atoms with Gasteiger partial charge in [-0.1, -0.05) is 60.8 Å². The molecule has 0 aromatic rings. The third kappa shape index (κ3) is 3.32. The molecule has 2 nitrogen and oxygen atoms in total. The van der Waals surface area contributed by atoms with Gasteiger partial charge in [-0.15, -0.1) is 0 Å². The van der Waals surface area contributed by atoms with Crippen molar-refractivity contribution in [1.82, 2.24) is 0 Å². The zero-order valence-electron chi connectivity index (χ0n) is 19.0. The molecule has 0 amide bonds. The van der Waals surface area contributed by atoms with Gasteiger partial charge in [0.15, 0.2) is 0 Å². The average Bonchev–Trinajstić information content (AvgIpc) is 2.51. The average molecular weight is 377 g/mol. The van der Waals surface area contributed by atoms with Gasteiger partial charge >= 0.3 is 0 Å². The SMILES string of the molecule is CCC(C)CC[C@H]1[C@]2(C)CC(=O)[C@H]3C(C)(C)CCC[C@]3(C)[C@H]2CC[C@]1(C)O. The van der Waals surface area contributed by atoms with Crippen LogP contribution in [-0.4, -0.2) is 16.5 Å². The van der Waals surface area contributed by atoms with E-state index in [1.54, 1.807) is 0 Å². The molecule has 0 bridgehead atoms. The fraction of sp³-hybridized carbons (Fsp3) is 0.960. The number of hydrogen-bond acceptors (Lipinski definition) is 2. The summed E-state index contributed by atoms with van der Waals surface area (Å²) in [5.74, 6) is 2.20. The van der Waals surface area contributed by atoms with Crippen LogP contribution in [0, 0.1) is 39.9 Å². The first kappa shape index (κ1) is 21.3. The monoisotopic (exact) mass is 376 g/mol. The molecule has 3 fully saturated rings. The van der Waals surface area contributed by atoms with Gasteiger partial charge in [-0.05, 0) is 73.0 Å². The Morgan fingerprint density at radius 3 is 2.37 bits per heavy atom. The van der Waals surface area contributed by atoms with Crippen LogP contribution in [0.5, 0.6) is 0 Å². The molecule has 27 heavy (non-hydrogen) atoms. The predicted molar refractivity (Wildman–Crippen MR) is 112 cm³/mol. The fourth-order valence-electron chi connectivity index (χ4n) is 8.28. The Balaban J connectivity index is 1.99. The molecule has 0 radical (unpaired) electrons. The third-order valence-corrected chi connectivity index (χ3v) is 9.58. The lowest BCUT2D eigenvalue weighted by Crippen LogP contribution is -2.65. The number of Topliss-reactive ketones (excluding diaryl/α,β-unsaturated/α-hetero) is 1. The molecular formula is C25H44O2. The molecule has 0 heterocycles. The molecule has 0 aliphatic heterocycles. The summed E-state index contributed by atoms with van der Waals surface area (Å²) in [6.45, 7) is 16.1. The molecule has 0 aromatic carbocycles. The number of fused-ring (bicyclic) bond motifs is 3. The number of rotatable bonds is 4. The van der Waals surface area contributed by atoms with Gasteiger partial charge in [0.25, 0.3) is 0 Å². The van der Waals surface area contributed by atoms with Crippen molar-refractivity contribution in [3.05, 3.63) is 0 Å². The van der Waals surface area contributed by atoms with E-state index in [-0.39, 0.29) is 28.1 Å². The van der Waals surface area contributed by atoms with Gasteiger partial charge in [0.05, 0.1) is 5.60 Å². The summed E-state index contributed by atoms with van der Waals surface area (Å²) in [6, 6.07) is 0. The molecule has 3 aliphatic rings. The smallest absolute Gasteiger partial charge is 0.137 e. The van der Waals surface area contributed by atoms with Gasteiger partial charge < -0.3 is 5.11 Å². The molecule has 3 saturated carbocycles. The first-order chi connectivity index (χ1) is 12.4. The van der Waals surface area contributed by atoms with E-state index in [1.807, 2.05) is 0 Å². The largest absolute Gasteiger partial charge is 0.390 e. The molecule has 0 saturated heterocycles. The minimum Gasteiger partial charge on any atom is -0.390 e. The molecular weight excluding hydrogens is 332 g/mol. The van der Waals surface area contributed by atoms with Gasteiger partial charge in [0.1, 0.15) is 5.78 Å². The van der Waals surface area contributed by atoms with Crippen LogP contribution in [0.25, 0.3) is 0 Å². The Labute approximate surface area is 167 Å². The summed E-state index contributed by atoms with van der Waals surface area (Å²) in [6.07, 6.45) is 9.70. The number of carbonyl (C=O) groups excluding carboxylic acids is 1. The maximum atomic E-state index is 13.6. The molecule has 0 aromatic heterocycles. The summed E-state index contributed by atoms with van der Waals surface area (Å²) in [4.78, 5) is 13.6. The summed E-state index contributed by atoms with van der Waals surface area (Å²) in [5.41, 5.74) is -0.452. The highest BCUT2D eigenvalue weighted by atomic mass is 16.3. The topological polar surface area (TPSA) is 37.3 Å². The minimum absolute atomic E-state index is 0.0506. The Bertz CT molecular complexity index is 577. The van der Waals surface area contributed by atoms with Crippen molar-refractivity contribution in [1.29, 1.82) is 0 Å². The van der Waals surface area contributed by atoms with E-state index in [1.165, 1.54) is 32.1 Å². The normalized spacial score (nSPS) is 47.9. The van der Waals surface area contributed by atoms with Crippen LogP contribution in [0.1, 0.15) is 106 Å². The summed E-state index contributed by atoms with van der Waals surface area (Å²) in [7, 11) is 0. The lowest BCUT2D eigenvalue weighted by molar-refractivity contribution is -0.208. The summed E-state index contributed by atoms with van der Waals surface area (Å²) >= 11 is 0. The van der Waals surface area contributed by atoms with Crippen molar-refractivity contribution in [2.75, 3.05) is 0 Å². The first-order valence-corrected chi connectivity index (χ1v) is 11.6. The van der Waals surface area contributed by atoms with Crippen molar-refractivity contribution < 1.29 is 9.90 Å². The molecule has 1 N–H and O–H groups in total. The Kier molecular flexibility index (Phi) is 5.42. The maximum Gasteiger partial charge on any atom is 0.137 e. The highest BCUT2D eigenvalue weighted by Gasteiger charge is 2.66. The van der Waals surface area contributed by atoms with Gasteiger partial charge in [0, 0.05) is 12.3 Å². The van der Waals surface area contributed by atoms with Crippen molar-refractivity contribution in [2.24, 2.45) is 39.9 Å². The quantitative estimate of drug-likeness (QED) is 0.616. The molecule has 3 aliphatic carbocycles. The second-order valence-electron chi connectivity index (χ2n) is 12.0. The third-order valence-electron chi connectivity index (χ3n) is 9.58. The van der Waals surface area contributed by atoms with Crippen molar-refractivity contribution in [3.63, 3.8) is 0 Å². The van der Waals surface area contributed by atoms with E-state index >= 15 is 0 Å². The van der Waals surface area contributed by atoms with Crippen LogP contribution < -0.4 is 0 Å².